The summed E-state index contributed by atoms with van der Waals surface area (Å²) in [6.07, 6.45) is 1.66. The molecule has 1 heterocycles. The molecule has 3 heteroatoms. The predicted octanol–water partition coefficient (Wildman–Crippen LogP) is 4.12. The number of halogens is 1. The van der Waals surface area contributed by atoms with Crippen molar-refractivity contribution in [1.29, 1.82) is 0 Å². The minimum absolute atomic E-state index is 0.655. The first-order chi connectivity index (χ1) is 8.06. The molecule has 0 bridgehead atoms. The molecule has 0 amide bonds. The third kappa shape index (κ3) is 2.77. The molecule has 0 radical (unpaired) electrons. The van der Waals surface area contributed by atoms with Gasteiger partial charge in [-0.3, -0.25) is 0 Å². The van der Waals surface area contributed by atoms with E-state index < -0.39 is 0 Å². The van der Waals surface area contributed by atoms with Crippen molar-refractivity contribution in [1.82, 2.24) is 4.98 Å². The van der Waals surface area contributed by atoms with Crippen LogP contribution in [0.1, 0.15) is 11.1 Å². The van der Waals surface area contributed by atoms with Crippen LogP contribution >= 0.6 is 11.6 Å². The summed E-state index contributed by atoms with van der Waals surface area (Å²) in [5.74, 6) is 0.888. The number of hydrogen-bond acceptors (Lipinski definition) is 2. The zero-order valence-corrected chi connectivity index (χ0v) is 11.0. The lowest BCUT2D eigenvalue weighted by molar-refractivity contribution is 1.12. The molecule has 0 aliphatic heterocycles. The number of hydrogen-bond donors (Lipinski definition) is 0. The van der Waals surface area contributed by atoms with Crippen molar-refractivity contribution in [3.8, 4) is 0 Å². The predicted molar refractivity (Wildman–Crippen MR) is 73.2 cm³/mol. The highest BCUT2D eigenvalue weighted by Crippen LogP contribution is 2.24. The van der Waals surface area contributed by atoms with Gasteiger partial charge in [0, 0.05) is 18.9 Å². The molecule has 1 aromatic heterocycles. The first-order valence-corrected chi connectivity index (χ1v) is 5.87. The summed E-state index contributed by atoms with van der Waals surface area (Å²) in [5, 5.41) is 0.655. The summed E-state index contributed by atoms with van der Waals surface area (Å²) < 4.78 is 0. The summed E-state index contributed by atoms with van der Waals surface area (Å²) in [6, 6.07) is 10.2. The van der Waals surface area contributed by atoms with Crippen molar-refractivity contribution in [2.75, 3.05) is 11.9 Å². The van der Waals surface area contributed by atoms with Gasteiger partial charge in [0.1, 0.15) is 5.82 Å². The molecule has 0 saturated heterocycles. The van der Waals surface area contributed by atoms with Gasteiger partial charge in [0.15, 0.2) is 0 Å². The summed E-state index contributed by atoms with van der Waals surface area (Å²) >= 11 is 5.83. The third-order valence-electron chi connectivity index (χ3n) is 2.65. The van der Waals surface area contributed by atoms with E-state index in [0.717, 1.165) is 11.5 Å². The zero-order valence-electron chi connectivity index (χ0n) is 10.2. The highest BCUT2D eigenvalue weighted by Gasteiger charge is 2.06. The quantitative estimate of drug-likeness (QED) is 0.793. The molecule has 0 saturated carbocycles. The number of aromatic nitrogens is 1. The standard InChI is InChI=1S/C14H15ClN2/c1-10-6-11(2)8-13(7-10)17(3)14-5-4-12(15)9-16-14/h4-9H,1-3H3. The van der Waals surface area contributed by atoms with Crippen LogP contribution in [0.2, 0.25) is 5.02 Å². The Morgan fingerprint density at radius 2 is 1.71 bits per heavy atom. The van der Waals surface area contributed by atoms with E-state index in [2.05, 4.69) is 41.9 Å². The molecule has 17 heavy (non-hydrogen) atoms. The molecule has 1 aromatic carbocycles. The van der Waals surface area contributed by atoms with Crippen LogP contribution in [0.3, 0.4) is 0 Å². The van der Waals surface area contributed by atoms with Gasteiger partial charge in [0.05, 0.1) is 5.02 Å². The third-order valence-corrected chi connectivity index (χ3v) is 2.87. The molecular weight excluding hydrogens is 232 g/mol. The number of rotatable bonds is 2. The summed E-state index contributed by atoms with van der Waals surface area (Å²) in [4.78, 5) is 6.36. The van der Waals surface area contributed by atoms with Crippen molar-refractivity contribution >= 4 is 23.1 Å². The van der Waals surface area contributed by atoms with Crippen LogP contribution in [0.15, 0.2) is 36.5 Å². The van der Waals surface area contributed by atoms with Gasteiger partial charge >= 0.3 is 0 Å². The molecule has 0 N–H and O–H groups in total. The molecule has 0 atom stereocenters. The van der Waals surface area contributed by atoms with Crippen LogP contribution in [-0.4, -0.2) is 12.0 Å². The maximum absolute atomic E-state index is 5.83. The number of pyridine rings is 1. The molecule has 2 rings (SSSR count). The monoisotopic (exact) mass is 246 g/mol. The topological polar surface area (TPSA) is 16.1 Å². The van der Waals surface area contributed by atoms with Crippen molar-refractivity contribution in [3.05, 3.63) is 52.7 Å². The van der Waals surface area contributed by atoms with Crippen LogP contribution < -0.4 is 4.90 Å². The van der Waals surface area contributed by atoms with E-state index in [1.807, 2.05) is 19.2 Å². The summed E-state index contributed by atoms with van der Waals surface area (Å²) in [6.45, 7) is 4.19. The van der Waals surface area contributed by atoms with E-state index in [9.17, 15) is 0 Å². The number of nitrogens with zero attached hydrogens (tertiary/aromatic N) is 2. The van der Waals surface area contributed by atoms with Gasteiger partial charge in [0.2, 0.25) is 0 Å². The lowest BCUT2D eigenvalue weighted by Gasteiger charge is -2.19. The molecule has 2 nitrogen and oxygen atoms in total. The number of aryl methyl sites for hydroxylation is 2. The smallest absolute Gasteiger partial charge is 0.132 e. The van der Waals surface area contributed by atoms with Crippen molar-refractivity contribution < 1.29 is 0 Å². The molecule has 2 aromatic rings. The highest BCUT2D eigenvalue weighted by atomic mass is 35.5. The lowest BCUT2D eigenvalue weighted by atomic mass is 10.1. The van der Waals surface area contributed by atoms with Crippen LogP contribution in [0.25, 0.3) is 0 Å². The van der Waals surface area contributed by atoms with Gasteiger partial charge in [-0.2, -0.15) is 0 Å². The average molecular weight is 247 g/mol. The Morgan fingerprint density at radius 3 is 2.24 bits per heavy atom. The van der Waals surface area contributed by atoms with Crippen LogP contribution in [0, 0.1) is 13.8 Å². The van der Waals surface area contributed by atoms with Crippen LogP contribution in [0.4, 0.5) is 11.5 Å². The summed E-state index contributed by atoms with van der Waals surface area (Å²) in [7, 11) is 2.00. The SMILES string of the molecule is Cc1cc(C)cc(N(C)c2ccc(Cl)cn2)c1. The van der Waals surface area contributed by atoms with Crippen molar-refractivity contribution in [2.24, 2.45) is 0 Å². The second kappa shape index (κ2) is 4.76. The second-order valence-electron chi connectivity index (χ2n) is 4.24. The molecule has 0 fully saturated rings. The van der Waals surface area contributed by atoms with Gasteiger partial charge in [-0.25, -0.2) is 4.98 Å². The largest absolute Gasteiger partial charge is 0.329 e. The maximum Gasteiger partial charge on any atom is 0.132 e. The van der Waals surface area contributed by atoms with Gasteiger partial charge in [-0.05, 0) is 49.2 Å². The molecule has 0 aliphatic carbocycles. The highest BCUT2D eigenvalue weighted by molar-refractivity contribution is 6.30. The van der Waals surface area contributed by atoms with Crippen LogP contribution in [-0.2, 0) is 0 Å². The van der Waals surface area contributed by atoms with Gasteiger partial charge in [0.25, 0.3) is 0 Å². The van der Waals surface area contributed by atoms with E-state index >= 15 is 0 Å². The Kier molecular flexibility index (Phi) is 3.34. The van der Waals surface area contributed by atoms with E-state index in [1.54, 1.807) is 6.20 Å². The van der Waals surface area contributed by atoms with E-state index in [1.165, 1.54) is 11.1 Å². The minimum Gasteiger partial charge on any atom is -0.329 e. The first-order valence-electron chi connectivity index (χ1n) is 5.50. The van der Waals surface area contributed by atoms with Gasteiger partial charge < -0.3 is 4.90 Å². The molecule has 0 spiro atoms. The fraction of sp³-hybridized carbons (Fsp3) is 0.214. The van der Waals surface area contributed by atoms with Crippen molar-refractivity contribution in [2.45, 2.75) is 13.8 Å². The fourth-order valence-electron chi connectivity index (χ4n) is 1.84. The Morgan fingerprint density at radius 1 is 1.06 bits per heavy atom. The van der Waals surface area contributed by atoms with E-state index in [4.69, 9.17) is 11.6 Å². The maximum atomic E-state index is 5.83. The number of benzene rings is 1. The molecule has 88 valence electrons. The Bertz CT molecular complexity index is 500. The Hall–Kier alpha value is -1.54. The lowest BCUT2D eigenvalue weighted by Crippen LogP contribution is -2.11. The molecule has 0 aliphatic rings. The molecule has 0 unspecified atom stereocenters. The minimum atomic E-state index is 0.655. The normalized spacial score (nSPS) is 10.4. The zero-order chi connectivity index (χ0) is 12.4. The van der Waals surface area contributed by atoms with E-state index in [0.29, 0.717) is 5.02 Å². The molecular formula is C14H15ClN2. The van der Waals surface area contributed by atoms with Crippen LogP contribution in [0.5, 0.6) is 0 Å². The number of anilines is 2. The van der Waals surface area contributed by atoms with Gasteiger partial charge in [-0.1, -0.05) is 17.7 Å². The average Bonchev–Trinajstić information content (AvgIpc) is 2.28. The fourth-order valence-corrected chi connectivity index (χ4v) is 1.95. The van der Waals surface area contributed by atoms with E-state index in [-0.39, 0.29) is 0 Å². The first kappa shape index (κ1) is 11.9. The summed E-state index contributed by atoms with van der Waals surface area (Å²) in [5.41, 5.74) is 3.64. The Labute approximate surface area is 107 Å². The second-order valence-corrected chi connectivity index (χ2v) is 4.68. The van der Waals surface area contributed by atoms with Gasteiger partial charge in [-0.15, -0.1) is 0 Å². The van der Waals surface area contributed by atoms with Crippen molar-refractivity contribution in [3.63, 3.8) is 0 Å². The Balaban J connectivity index is 2.36.